The van der Waals surface area contributed by atoms with Gasteiger partial charge in [0.05, 0.1) is 12.2 Å². The second kappa shape index (κ2) is 7.36. The van der Waals surface area contributed by atoms with Gasteiger partial charge in [0.2, 0.25) is 0 Å². The number of hydrogen-bond acceptors (Lipinski definition) is 3. The predicted molar refractivity (Wildman–Crippen MR) is 98.8 cm³/mol. The van der Waals surface area contributed by atoms with E-state index in [0.717, 1.165) is 30.0 Å². The summed E-state index contributed by atoms with van der Waals surface area (Å²) in [6, 6.07) is 6.59. The lowest BCUT2D eigenvalue weighted by atomic mass is 9.99. The summed E-state index contributed by atoms with van der Waals surface area (Å²) in [5.74, 6) is 0. The Hall–Kier alpha value is -2.23. The summed E-state index contributed by atoms with van der Waals surface area (Å²) in [6.07, 6.45) is 3.06. The molecule has 0 aliphatic heterocycles. The lowest BCUT2D eigenvalue weighted by Gasteiger charge is -2.19. The standard InChI is InChI=1S/C19H28N4/c1-7-16-10-9-14(3)11-17(16)19-18(20-5)13-23(21-19)12-15(4)22(6)8-2/h9-11,13,20H,4,7-8,12H2,1-3,5-6H3. The first-order valence-corrected chi connectivity index (χ1v) is 8.24. The molecule has 1 N–H and O–H groups in total. The van der Waals surface area contributed by atoms with Crippen LogP contribution in [0.25, 0.3) is 11.3 Å². The van der Waals surface area contributed by atoms with Crippen LogP contribution in [0.4, 0.5) is 5.69 Å². The maximum Gasteiger partial charge on any atom is 0.116 e. The van der Waals surface area contributed by atoms with Gasteiger partial charge < -0.3 is 10.2 Å². The molecule has 0 radical (unpaired) electrons. The van der Waals surface area contributed by atoms with Crippen LogP contribution in [-0.2, 0) is 13.0 Å². The Balaban J connectivity index is 2.40. The molecule has 4 heteroatoms. The van der Waals surface area contributed by atoms with Crippen LogP contribution in [-0.4, -0.2) is 35.3 Å². The molecule has 1 heterocycles. The van der Waals surface area contributed by atoms with Crippen LogP contribution >= 0.6 is 0 Å². The third kappa shape index (κ3) is 3.76. The Morgan fingerprint density at radius 2 is 2.09 bits per heavy atom. The highest BCUT2D eigenvalue weighted by Crippen LogP contribution is 2.30. The molecule has 0 bridgehead atoms. The van der Waals surface area contributed by atoms with E-state index in [1.54, 1.807) is 0 Å². The van der Waals surface area contributed by atoms with Crippen LogP contribution in [0.1, 0.15) is 25.0 Å². The van der Waals surface area contributed by atoms with Gasteiger partial charge in [-0.2, -0.15) is 5.10 Å². The molecule has 0 saturated heterocycles. The van der Waals surface area contributed by atoms with Gasteiger partial charge in [0.25, 0.3) is 0 Å². The van der Waals surface area contributed by atoms with E-state index in [2.05, 4.69) is 69.0 Å². The fourth-order valence-electron chi connectivity index (χ4n) is 2.63. The first-order valence-electron chi connectivity index (χ1n) is 8.24. The largest absolute Gasteiger partial charge is 0.385 e. The van der Waals surface area contributed by atoms with E-state index in [1.807, 2.05) is 11.7 Å². The van der Waals surface area contributed by atoms with Gasteiger partial charge in [-0.15, -0.1) is 0 Å². The molecule has 0 atom stereocenters. The van der Waals surface area contributed by atoms with Crippen molar-refractivity contribution in [3.8, 4) is 11.3 Å². The minimum absolute atomic E-state index is 0.701. The quantitative estimate of drug-likeness (QED) is 0.841. The van der Waals surface area contributed by atoms with E-state index in [4.69, 9.17) is 5.10 Å². The van der Waals surface area contributed by atoms with E-state index < -0.39 is 0 Å². The molecule has 0 aliphatic carbocycles. The summed E-state index contributed by atoms with van der Waals surface area (Å²) in [5.41, 5.74) is 6.91. The van der Waals surface area contributed by atoms with Crippen molar-refractivity contribution < 1.29 is 0 Å². The van der Waals surface area contributed by atoms with Gasteiger partial charge in [0.15, 0.2) is 0 Å². The maximum absolute atomic E-state index is 4.82. The third-order valence-corrected chi connectivity index (χ3v) is 4.29. The molecule has 2 rings (SSSR count). The number of likely N-dealkylation sites (N-methyl/N-ethyl adjacent to an activating group) is 1. The molecule has 4 nitrogen and oxygen atoms in total. The average molecular weight is 312 g/mol. The van der Waals surface area contributed by atoms with Gasteiger partial charge >= 0.3 is 0 Å². The van der Waals surface area contributed by atoms with Gasteiger partial charge in [-0.1, -0.05) is 31.2 Å². The van der Waals surface area contributed by atoms with Gasteiger partial charge in [0.1, 0.15) is 5.69 Å². The number of rotatable bonds is 7. The molecule has 1 aromatic carbocycles. The SMILES string of the molecule is C=C(Cn1cc(NC)c(-c2cc(C)ccc2CC)n1)N(C)CC. The number of benzene rings is 1. The van der Waals surface area contributed by atoms with E-state index in [-0.39, 0.29) is 0 Å². The molecular formula is C19H28N4. The maximum atomic E-state index is 4.82. The van der Waals surface area contributed by atoms with E-state index >= 15 is 0 Å². The van der Waals surface area contributed by atoms with Crippen LogP contribution in [0.3, 0.4) is 0 Å². The number of hydrogen-bond donors (Lipinski definition) is 1. The molecule has 0 amide bonds. The fourth-order valence-corrected chi connectivity index (χ4v) is 2.63. The second-order valence-electron chi connectivity index (χ2n) is 5.93. The van der Waals surface area contributed by atoms with Crippen LogP contribution in [0.15, 0.2) is 36.7 Å². The van der Waals surface area contributed by atoms with Crippen molar-refractivity contribution in [2.24, 2.45) is 0 Å². The highest BCUT2D eigenvalue weighted by atomic mass is 15.3. The summed E-state index contributed by atoms with van der Waals surface area (Å²) in [6.45, 7) is 12.2. The Labute approximate surface area is 139 Å². The molecule has 0 saturated carbocycles. The first kappa shape index (κ1) is 17.1. The molecule has 1 aromatic heterocycles. The normalized spacial score (nSPS) is 10.7. The number of allylic oxidation sites excluding steroid dienone is 1. The van der Waals surface area contributed by atoms with Crippen LogP contribution in [0, 0.1) is 6.92 Å². The fraction of sp³-hybridized carbons (Fsp3) is 0.421. The minimum atomic E-state index is 0.701. The number of nitrogens with zero attached hydrogens (tertiary/aromatic N) is 3. The summed E-state index contributed by atoms with van der Waals surface area (Å²) < 4.78 is 1.97. The van der Waals surface area contributed by atoms with Crippen molar-refractivity contribution in [1.29, 1.82) is 0 Å². The molecule has 124 valence electrons. The second-order valence-corrected chi connectivity index (χ2v) is 5.93. The van der Waals surface area contributed by atoms with Gasteiger partial charge in [-0.3, -0.25) is 4.68 Å². The van der Waals surface area contributed by atoms with E-state index in [9.17, 15) is 0 Å². The van der Waals surface area contributed by atoms with Gasteiger partial charge in [-0.25, -0.2) is 0 Å². The van der Waals surface area contributed by atoms with Crippen LogP contribution in [0.2, 0.25) is 0 Å². The molecule has 0 unspecified atom stereocenters. The van der Waals surface area contributed by atoms with Crippen molar-refractivity contribution in [3.05, 3.63) is 47.8 Å². The van der Waals surface area contributed by atoms with Gasteiger partial charge in [0, 0.05) is 38.1 Å². The average Bonchev–Trinajstić information content (AvgIpc) is 2.96. The zero-order valence-corrected chi connectivity index (χ0v) is 15.0. The van der Waals surface area contributed by atoms with Crippen molar-refractivity contribution in [2.75, 3.05) is 26.0 Å². The zero-order valence-electron chi connectivity index (χ0n) is 15.0. The summed E-state index contributed by atoms with van der Waals surface area (Å²) in [4.78, 5) is 2.14. The number of aryl methyl sites for hydroxylation is 2. The highest BCUT2D eigenvalue weighted by molar-refractivity contribution is 5.76. The van der Waals surface area contributed by atoms with Crippen LogP contribution in [0.5, 0.6) is 0 Å². The van der Waals surface area contributed by atoms with E-state index in [0.29, 0.717) is 6.54 Å². The van der Waals surface area contributed by atoms with Crippen molar-refractivity contribution in [1.82, 2.24) is 14.7 Å². The summed E-state index contributed by atoms with van der Waals surface area (Å²) in [7, 11) is 4.00. The molecule has 0 spiro atoms. The van der Waals surface area contributed by atoms with Crippen molar-refractivity contribution >= 4 is 5.69 Å². The van der Waals surface area contributed by atoms with Gasteiger partial charge in [-0.05, 0) is 31.9 Å². The molecule has 0 fully saturated rings. The Morgan fingerprint density at radius 1 is 1.35 bits per heavy atom. The first-order chi connectivity index (χ1) is 11.0. The van der Waals surface area contributed by atoms with E-state index in [1.165, 1.54) is 16.7 Å². The molecular weight excluding hydrogens is 284 g/mol. The smallest absolute Gasteiger partial charge is 0.116 e. The number of anilines is 1. The Morgan fingerprint density at radius 3 is 2.70 bits per heavy atom. The molecule has 2 aromatic rings. The lowest BCUT2D eigenvalue weighted by Crippen LogP contribution is -2.20. The monoisotopic (exact) mass is 312 g/mol. The summed E-state index contributed by atoms with van der Waals surface area (Å²) in [5, 5.41) is 8.10. The topological polar surface area (TPSA) is 33.1 Å². The Kier molecular flexibility index (Phi) is 5.48. The van der Waals surface area contributed by atoms with Crippen molar-refractivity contribution in [2.45, 2.75) is 33.7 Å². The third-order valence-electron chi connectivity index (χ3n) is 4.29. The predicted octanol–water partition coefficient (Wildman–Crippen LogP) is 3.93. The lowest BCUT2D eigenvalue weighted by molar-refractivity contribution is 0.407. The van der Waals surface area contributed by atoms with Crippen LogP contribution < -0.4 is 5.32 Å². The Bertz CT molecular complexity index is 685. The van der Waals surface area contributed by atoms with Crippen molar-refractivity contribution in [3.63, 3.8) is 0 Å². The highest BCUT2D eigenvalue weighted by Gasteiger charge is 2.14. The number of aromatic nitrogens is 2. The minimum Gasteiger partial charge on any atom is -0.385 e. The summed E-state index contributed by atoms with van der Waals surface area (Å²) >= 11 is 0. The molecule has 23 heavy (non-hydrogen) atoms. The number of nitrogens with one attached hydrogen (secondary N) is 1. The molecule has 0 aliphatic rings. The zero-order chi connectivity index (χ0) is 17.0.